The van der Waals surface area contributed by atoms with Crippen molar-refractivity contribution in [2.24, 2.45) is 5.92 Å². The van der Waals surface area contributed by atoms with Crippen LogP contribution < -0.4 is 20.3 Å². The Morgan fingerprint density at radius 2 is 1.85 bits per heavy atom. The normalized spacial score (nSPS) is 14.8. The molecule has 0 bridgehead atoms. The van der Waals surface area contributed by atoms with Gasteiger partial charge in [0.2, 0.25) is 5.91 Å². The van der Waals surface area contributed by atoms with Gasteiger partial charge in [0, 0.05) is 36.2 Å². The lowest BCUT2D eigenvalue weighted by atomic mass is 9.99. The summed E-state index contributed by atoms with van der Waals surface area (Å²) in [4.78, 5) is 14.5. The lowest BCUT2D eigenvalue weighted by Gasteiger charge is -2.32. The zero-order valence-electron chi connectivity index (χ0n) is 15.5. The van der Waals surface area contributed by atoms with Gasteiger partial charge in [-0.2, -0.15) is 0 Å². The van der Waals surface area contributed by atoms with Gasteiger partial charge in [-0.3, -0.25) is 4.79 Å². The first-order valence-electron chi connectivity index (χ1n) is 9.17. The Morgan fingerprint density at radius 3 is 2.54 bits per heavy atom. The van der Waals surface area contributed by atoms with Crippen molar-refractivity contribution in [1.29, 1.82) is 0 Å². The van der Waals surface area contributed by atoms with Gasteiger partial charge >= 0.3 is 0 Å². The maximum atomic E-state index is 12.1. The van der Waals surface area contributed by atoms with Crippen molar-refractivity contribution in [2.75, 3.05) is 42.3 Å². The average Bonchev–Trinajstić information content (AvgIpc) is 2.67. The number of hydrogen-bond acceptors (Lipinski definition) is 4. The van der Waals surface area contributed by atoms with Crippen LogP contribution in [0, 0.1) is 5.92 Å². The molecule has 2 aromatic carbocycles. The summed E-state index contributed by atoms with van der Waals surface area (Å²) < 4.78 is 5.16. The van der Waals surface area contributed by atoms with E-state index in [0.717, 1.165) is 36.1 Å². The van der Waals surface area contributed by atoms with Crippen molar-refractivity contribution in [1.82, 2.24) is 0 Å². The summed E-state index contributed by atoms with van der Waals surface area (Å²) in [5.41, 5.74) is 2.93. The third-order valence-corrected chi connectivity index (χ3v) is 4.82. The van der Waals surface area contributed by atoms with Crippen molar-refractivity contribution < 1.29 is 9.53 Å². The molecule has 5 nitrogen and oxygen atoms in total. The molecule has 0 aliphatic carbocycles. The van der Waals surface area contributed by atoms with Gasteiger partial charge < -0.3 is 20.3 Å². The fraction of sp³-hybridized carbons (Fsp3) is 0.381. The summed E-state index contributed by atoms with van der Waals surface area (Å²) in [6, 6.07) is 15.6. The van der Waals surface area contributed by atoms with Crippen LogP contribution >= 0.6 is 0 Å². The van der Waals surface area contributed by atoms with Crippen molar-refractivity contribution in [3.05, 3.63) is 48.5 Å². The molecule has 1 saturated heterocycles. The molecule has 2 aromatic rings. The van der Waals surface area contributed by atoms with Gasteiger partial charge in [0.05, 0.1) is 13.7 Å². The van der Waals surface area contributed by atoms with E-state index in [4.69, 9.17) is 4.74 Å². The quantitative estimate of drug-likeness (QED) is 0.825. The largest absolute Gasteiger partial charge is 0.497 e. The molecule has 1 heterocycles. The van der Waals surface area contributed by atoms with Gasteiger partial charge in [0.15, 0.2) is 0 Å². The summed E-state index contributed by atoms with van der Waals surface area (Å²) in [7, 11) is 1.61. The Hall–Kier alpha value is -2.69. The number of carbonyl (C=O) groups is 1. The molecule has 0 spiro atoms. The standard InChI is InChI=1S/C21H27N3O2/c1-16-10-12-24(13-11-16)19-8-6-17(7-9-19)22-15-21(25)23-18-4-3-5-20(14-18)26-2/h3-9,14,16,22H,10-13,15H2,1-2H3,(H,23,25). The minimum absolute atomic E-state index is 0.0904. The molecule has 0 atom stereocenters. The Balaban J connectivity index is 1.49. The van der Waals surface area contributed by atoms with Gasteiger partial charge in [0.1, 0.15) is 5.75 Å². The van der Waals surface area contributed by atoms with Crippen LogP contribution in [0.5, 0.6) is 5.75 Å². The van der Waals surface area contributed by atoms with Crippen molar-refractivity contribution >= 4 is 23.0 Å². The summed E-state index contributed by atoms with van der Waals surface area (Å²) in [6.45, 7) is 4.78. The van der Waals surface area contributed by atoms with Crippen LogP contribution in [0.4, 0.5) is 17.1 Å². The van der Waals surface area contributed by atoms with Gasteiger partial charge in [0.25, 0.3) is 0 Å². The van der Waals surface area contributed by atoms with E-state index in [0.29, 0.717) is 0 Å². The number of nitrogens with zero attached hydrogens (tertiary/aromatic N) is 1. The Kier molecular flexibility index (Phi) is 6.00. The number of rotatable bonds is 6. The van der Waals surface area contributed by atoms with Crippen LogP contribution in [0.1, 0.15) is 19.8 Å². The van der Waals surface area contributed by atoms with E-state index in [2.05, 4.69) is 34.6 Å². The molecule has 138 valence electrons. The molecule has 0 radical (unpaired) electrons. The van der Waals surface area contributed by atoms with Gasteiger partial charge in [-0.25, -0.2) is 0 Å². The molecule has 1 fully saturated rings. The maximum Gasteiger partial charge on any atom is 0.243 e. The molecular formula is C21H27N3O2. The summed E-state index contributed by atoms with van der Waals surface area (Å²) in [5, 5.41) is 6.03. The molecule has 26 heavy (non-hydrogen) atoms. The molecule has 5 heteroatoms. The zero-order valence-corrected chi connectivity index (χ0v) is 15.5. The number of anilines is 3. The number of amides is 1. The summed E-state index contributed by atoms with van der Waals surface area (Å²) >= 11 is 0. The zero-order chi connectivity index (χ0) is 18.4. The Morgan fingerprint density at radius 1 is 1.12 bits per heavy atom. The molecule has 0 saturated carbocycles. The van der Waals surface area contributed by atoms with E-state index in [9.17, 15) is 4.79 Å². The van der Waals surface area contributed by atoms with E-state index in [1.165, 1.54) is 18.5 Å². The van der Waals surface area contributed by atoms with Gasteiger partial charge in [-0.15, -0.1) is 0 Å². The molecule has 0 aromatic heterocycles. The highest BCUT2D eigenvalue weighted by molar-refractivity contribution is 5.93. The third kappa shape index (κ3) is 4.91. The number of carbonyl (C=O) groups excluding carboxylic acids is 1. The minimum Gasteiger partial charge on any atom is -0.497 e. The minimum atomic E-state index is -0.0904. The molecule has 2 N–H and O–H groups in total. The molecule has 1 aliphatic heterocycles. The molecule has 0 unspecified atom stereocenters. The lowest BCUT2D eigenvalue weighted by Crippen LogP contribution is -2.32. The highest BCUT2D eigenvalue weighted by atomic mass is 16.5. The van der Waals surface area contributed by atoms with Gasteiger partial charge in [-0.05, 0) is 55.2 Å². The second-order valence-electron chi connectivity index (χ2n) is 6.85. The molecular weight excluding hydrogens is 326 g/mol. The second-order valence-corrected chi connectivity index (χ2v) is 6.85. The Labute approximate surface area is 155 Å². The van der Waals surface area contributed by atoms with Crippen molar-refractivity contribution in [2.45, 2.75) is 19.8 Å². The first kappa shape index (κ1) is 18.1. The second kappa shape index (κ2) is 8.61. The predicted molar refractivity (Wildman–Crippen MR) is 107 cm³/mol. The van der Waals surface area contributed by atoms with Crippen LogP contribution in [0.2, 0.25) is 0 Å². The van der Waals surface area contributed by atoms with E-state index >= 15 is 0 Å². The summed E-state index contributed by atoms with van der Waals surface area (Å²) in [5.74, 6) is 1.46. The average molecular weight is 353 g/mol. The van der Waals surface area contributed by atoms with Gasteiger partial charge in [-0.1, -0.05) is 13.0 Å². The summed E-state index contributed by atoms with van der Waals surface area (Å²) in [6.07, 6.45) is 2.51. The van der Waals surface area contributed by atoms with E-state index in [1.807, 2.05) is 30.3 Å². The number of ether oxygens (including phenoxy) is 1. The topological polar surface area (TPSA) is 53.6 Å². The maximum absolute atomic E-state index is 12.1. The number of piperidine rings is 1. The van der Waals surface area contributed by atoms with Crippen LogP contribution in [0.3, 0.4) is 0 Å². The molecule has 1 amide bonds. The molecule has 3 rings (SSSR count). The third-order valence-electron chi connectivity index (χ3n) is 4.82. The number of methoxy groups -OCH3 is 1. The first-order valence-corrected chi connectivity index (χ1v) is 9.17. The van der Waals surface area contributed by atoms with E-state index < -0.39 is 0 Å². The van der Waals surface area contributed by atoms with Crippen LogP contribution in [-0.2, 0) is 4.79 Å². The fourth-order valence-electron chi connectivity index (χ4n) is 3.15. The van der Waals surface area contributed by atoms with Crippen LogP contribution in [-0.4, -0.2) is 32.7 Å². The van der Waals surface area contributed by atoms with Crippen LogP contribution in [0.25, 0.3) is 0 Å². The smallest absolute Gasteiger partial charge is 0.243 e. The first-order chi connectivity index (χ1) is 12.6. The lowest BCUT2D eigenvalue weighted by molar-refractivity contribution is -0.114. The molecule has 1 aliphatic rings. The number of benzene rings is 2. The van der Waals surface area contributed by atoms with Crippen molar-refractivity contribution in [3.8, 4) is 5.75 Å². The van der Waals surface area contributed by atoms with E-state index in [-0.39, 0.29) is 12.5 Å². The monoisotopic (exact) mass is 353 g/mol. The fourth-order valence-corrected chi connectivity index (χ4v) is 3.15. The Bertz CT molecular complexity index is 722. The predicted octanol–water partition coefficient (Wildman–Crippen LogP) is 3.98. The van der Waals surface area contributed by atoms with Crippen molar-refractivity contribution in [3.63, 3.8) is 0 Å². The SMILES string of the molecule is COc1cccc(NC(=O)CNc2ccc(N3CCC(C)CC3)cc2)c1. The number of nitrogens with one attached hydrogen (secondary N) is 2. The van der Waals surface area contributed by atoms with Crippen LogP contribution in [0.15, 0.2) is 48.5 Å². The highest BCUT2D eigenvalue weighted by Crippen LogP contribution is 2.24. The van der Waals surface area contributed by atoms with E-state index in [1.54, 1.807) is 13.2 Å². The highest BCUT2D eigenvalue weighted by Gasteiger charge is 2.15. The number of hydrogen-bond donors (Lipinski definition) is 2.